The van der Waals surface area contributed by atoms with Gasteiger partial charge in [-0.3, -0.25) is 19.7 Å². The monoisotopic (exact) mass is 382 g/mol. The Labute approximate surface area is 160 Å². The third kappa shape index (κ3) is 5.63. The normalized spacial score (nSPS) is 13.1. The fraction of sp³-hybridized carbons (Fsp3) is 0.211. The number of anilines is 1. The smallest absolute Gasteiger partial charge is 0.270 e. The number of benzene rings is 2. The number of nitro benzene ring substituents is 1. The second-order valence-corrected chi connectivity index (χ2v) is 6.24. The van der Waals surface area contributed by atoms with Gasteiger partial charge in [0.05, 0.1) is 11.1 Å². The number of oxime groups is 1. The molecule has 2 aromatic rings. The molecule has 0 unspecified atom stereocenters. The predicted molar refractivity (Wildman–Crippen MR) is 102 cm³/mol. The summed E-state index contributed by atoms with van der Waals surface area (Å²) in [6.07, 6.45) is 3.27. The molecule has 144 valence electrons. The fourth-order valence-electron chi connectivity index (χ4n) is 2.34. The Hall–Kier alpha value is -3.75. The molecule has 2 N–H and O–H groups in total. The van der Waals surface area contributed by atoms with Gasteiger partial charge in [0, 0.05) is 35.0 Å². The molecule has 1 saturated carbocycles. The first-order chi connectivity index (χ1) is 13.5. The first-order valence-corrected chi connectivity index (χ1v) is 8.62. The van der Waals surface area contributed by atoms with E-state index in [1.807, 2.05) is 0 Å². The van der Waals surface area contributed by atoms with Crippen LogP contribution in [0.4, 0.5) is 11.4 Å². The lowest BCUT2D eigenvalue weighted by Gasteiger charge is -2.07. The van der Waals surface area contributed by atoms with Crippen molar-refractivity contribution in [2.45, 2.75) is 18.9 Å². The van der Waals surface area contributed by atoms with Crippen LogP contribution in [-0.4, -0.2) is 35.6 Å². The maximum absolute atomic E-state index is 12.0. The average molecular weight is 382 g/mol. The summed E-state index contributed by atoms with van der Waals surface area (Å²) < 4.78 is 0. The molecular formula is C19H18N4O5. The molecule has 9 nitrogen and oxygen atoms in total. The Morgan fingerprint density at radius 3 is 2.75 bits per heavy atom. The van der Waals surface area contributed by atoms with E-state index in [2.05, 4.69) is 15.8 Å². The van der Waals surface area contributed by atoms with E-state index < -0.39 is 10.8 Å². The number of non-ortho nitro benzene ring substituents is 1. The molecule has 3 rings (SSSR count). The van der Waals surface area contributed by atoms with Crippen molar-refractivity contribution >= 4 is 29.4 Å². The lowest BCUT2D eigenvalue weighted by atomic mass is 10.2. The molecule has 28 heavy (non-hydrogen) atoms. The number of carbonyl (C=O) groups is 2. The number of nitrogens with zero attached hydrogens (tertiary/aromatic N) is 2. The number of rotatable bonds is 8. The maximum Gasteiger partial charge on any atom is 0.270 e. The van der Waals surface area contributed by atoms with Crippen LogP contribution in [0.15, 0.2) is 53.7 Å². The molecule has 0 radical (unpaired) electrons. The highest BCUT2D eigenvalue weighted by Crippen LogP contribution is 2.20. The molecule has 0 atom stereocenters. The number of hydrogen-bond donors (Lipinski definition) is 2. The number of carbonyl (C=O) groups excluding carboxylic acids is 2. The van der Waals surface area contributed by atoms with Crippen molar-refractivity contribution in [3.63, 3.8) is 0 Å². The van der Waals surface area contributed by atoms with Crippen LogP contribution in [-0.2, 0) is 9.63 Å². The Morgan fingerprint density at radius 1 is 1.21 bits per heavy atom. The third-order valence-corrected chi connectivity index (χ3v) is 3.87. The summed E-state index contributed by atoms with van der Waals surface area (Å²) in [6, 6.07) is 12.7. The number of nitrogens with one attached hydrogen (secondary N) is 2. The molecule has 1 fully saturated rings. The zero-order valence-electron chi connectivity index (χ0n) is 14.8. The van der Waals surface area contributed by atoms with E-state index in [1.54, 1.807) is 30.3 Å². The van der Waals surface area contributed by atoms with E-state index in [1.165, 1.54) is 24.4 Å². The quantitative estimate of drug-likeness (QED) is 0.412. The number of hydrogen-bond acceptors (Lipinski definition) is 6. The van der Waals surface area contributed by atoms with Crippen molar-refractivity contribution in [3.05, 3.63) is 69.8 Å². The minimum Gasteiger partial charge on any atom is -0.386 e. The summed E-state index contributed by atoms with van der Waals surface area (Å²) in [5.74, 6) is -0.618. The molecule has 0 aliphatic heterocycles. The molecule has 0 saturated heterocycles. The summed E-state index contributed by atoms with van der Waals surface area (Å²) in [5.41, 5.74) is 1.35. The Balaban J connectivity index is 1.48. The maximum atomic E-state index is 12.0. The van der Waals surface area contributed by atoms with Gasteiger partial charge in [-0.15, -0.1) is 0 Å². The summed E-state index contributed by atoms with van der Waals surface area (Å²) in [4.78, 5) is 39.1. The molecule has 9 heteroatoms. The van der Waals surface area contributed by atoms with E-state index in [4.69, 9.17) is 4.84 Å². The van der Waals surface area contributed by atoms with E-state index >= 15 is 0 Å². The molecule has 0 spiro atoms. The van der Waals surface area contributed by atoms with Crippen LogP contribution in [0, 0.1) is 10.1 Å². The van der Waals surface area contributed by atoms with E-state index in [0.717, 1.165) is 12.8 Å². The second-order valence-electron chi connectivity index (χ2n) is 6.24. The molecule has 2 aromatic carbocycles. The van der Waals surface area contributed by atoms with Gasteiger partial charge in [-0.1, -0.05) is 23.4 Å². The van der Waals surface area contributed by atoms with E-state index in [9.17, 15) is 19.7 Å². The molecule has 0 heterocycles. The van der Waals surface area contributed by atoms with Gasteiger partial charge in [0.1, 0.15) is 0 Å². The van der Waals surface area contributed by atoms with Gasteiger partial charge in [-0.2, -0.15) is 0 Å². The van der Waals surface area contributed by atoms with Crippen LogP contribution in [0.3, 0.4) is 0 Å². The Kier molecular flexibility index (Phi) is 5.95. The first-order valence-electron chi connectivity index (χ1n) is 8.62. The Bertz CT molecular complexity index is 924. The zero-order chi connectivity index (χ0) is 19.9. The zero-order valence-corrected chi connectivity index (χ0v) is 14.8. The van der Waals surface area contributed by atoms with Gasteiger partial charge >= 0.3 is 0 Å². The van der Waals surface area contributed by atoms with Crippen LogP contribution < -0.4 is 10.6 Å². The molecular weight excluding hydrogens is 364 g/mol. The van der Waals surface area contributed by atoms with Crippen LogP contribution in [0.2, 0.25) is 0 Å². The largest absolute Gasteiger partial charge is 0.386 e. The predicted octanol–water partition coefficient (Wildman–Crippen LogP) is 2.48. The third-order valence-electron chi connectivity index (χ3n) is 3.87. The minimum absolute atomic E-state index is 0.0627. The van der Waals surface area contributed by atoms with Crippen LogP contribution >= 0.6 is 0 Å². The van der Waals surface area contributed by atoms with Crippen molar-refractivity contribution in [2.24, 2.45) is 5.16 Å². The lowest BCUT2D eigenvalue weighted by molar-refractivity contribution is -0.384. The van der Waals surface area contributed by atoms with Crippen molar-refractivity contribution in [1.29, 1.82) is 0 Å². The first kappa shape index (κ1) is 19.0. The van der Waals surface area contributed by atoms with Gasteiger partial charge in [0.2, 0.25) is 0 Å². The van der Waals surface area contributed by atoms with E-state index in [0.29, 0.717) is 16.8 Å². The molecule has 0 bridgehead atoms. The summed E-state index contributed by atoms with van der Waals surface area (Å²) >= 11 is 0. The fourth-order valence-corrected chi connectivity index (χ4v) is 2.34. The topological polar surface area (TPSA) is 123 Å². The van der Waals surface area contributed by atoms with Crippen LogP contribution in [0.1, 0.15) is 28.8 Å². The lowest BCUT2D eigenvalue weighted by Crippen LogP contribution is -2.25. The highest BCUT2D eigenvalue weighted by Gasteiger charge is 2.23. The summed E-state index contributed by atoms with van der Waals surface area (Å²) in [5, 5.41) is 19.9. The van der Waals surface area contributed by atoms with Crippen LogP contribution in [0.5, 0.6) is 0 Å². The van der Waals surface area contributed by atoms with E-state index in [-0.39, 0.29) is 24.2 Å². The summed E-state index contributed by atoms with van der Waals surface area (Å²) in [6.45, 7) is -0.343. The van der Waals surface area contributed by atoms with Gasteiger partial charge < -0.3 is 15.5 Å². The molecule has 0 aromatic heterocycles. The second kappa shape index (κ2) is 8.76. The highest BCUT2D eigenvalue weighted by molar-refractivity contribution is 5.97. The van der Waals surface area contributed by atoms with Gasteiger partial charge in [0.25, 0.3) is 17.5 Å². The SMILES string of the molecule is O=C(CO/N=C/c1cccc([N+](=O)[O-])c1)Nc1cccc(C(=O)NC2CC2)c1. The molecule has 1 aliphatic carbocycles. The molecule has 1 aliphatic rings. The van der Waals surface area contributed by atoms with Gasteiger partial charge in [-0.05, 0) is 31.0 Å². The molecule has 2 amide bonds. The summed E-state index contributed by atoms with van der Waals surface area (Å²) in [7, 11) is 0. The standard InChI is InChI=1S/C19H18N4O5/c24-18(12-28-20-11-13-3-1-6-17(9-13)23(26)27)21-16-5-2-4-14(10-16)19(25)22-15-7-8-15/h1-6,9-11,15H,7-8,12H2,(H,21,24)(H,22,25)/b20-11+. The van der Waals surface area contributed by atoms with Crippen molar-refractivity contribution in [3.8, 4) is 0 Å². The van der Waals surface area contributed by atoms with Crippen LogP contribution in [0.25, 0.3) is 0 Å². The number of nitro groups is 1. The average Bonchev–Trinajstić information content (AvgIpc) is 3.49. The van der Waals surface area contributed by atoms with Crippen molar-refractivity contribution in [1.82, 2.24) is 5.32 Å². The highest BCUT2D eigenvalue weighted by atomic mass is 16.6. The minimum atomic E-state index is -0.509. The van der Waals surface area contributed by atoms with Crippen molar-refractivity contribution < 1.29 is 19.3 Å². The van der Waals surface area contributed by atoms with Gasteiger partial charge in [0.15, 0.2) is 6.61 Å². The van der Waals surface area contributed by atoms with Gasteiger partial charge in [-0.25, -0.2) is 0 Å². The van der Waals surface area contributed by atoms with Crippen molar-refractivity contribution in [2.75, 3.05) is 11.9 Å². The Morgan fingerprint density at radius 2 is 2.00 bits per heavy atom. The number of amides is 2.